The smallest absolute Gasteiger partial charge is 0.329 e. The second-order valence-corrected chi connectivity index (χ2v) is 4.81. The molecule has 19 heavy (non-hydrogen) atoms. The van der Waals surface area contributed by atoms with E-state index in [1.54, 1.807) is 6.92 Å². The molecule has 0 fully saturated rings. The molecule has 0 saturated heterocycles. The van der Waals surface area contributed by atoms with Gasteiger partial charge in [-0.05, 0) is 24.6 Å². The Labute approximate surface area is 116 Å². The Morgan fingerprint density at radius 3 is 2.47 bits per heavy atom. The molecule has 0 aliphatic rings. The van der Waals surface area contributed by atoms with Gasteiger partial charge in [0, 0.05) is 11.9 Å². The van der Waals surface area contributed by atoms with Crippen LogP contribution in [0.5, 0.6) is 0 Å². The van der Waals surface area contributed by atoms with Crippen LogP contribution in [0.2, 0.25) is 0 Å². The van der Waals surface area contributed by atoms with Crippen molar-refractivity contribution in [2.75, 3.05) is 18.4 Å². The maximum absolute atomic E-state index is 13.6. The Morgan fingerprint density at radius 2 is 2.00 bits per heavy atom. The van der Waals surface area contributed by atoms with Crippen LogP contribution in [0.1, 0.15) is 15.9 Å². The molecule has 7 heteroatoms. The van der Waals surface area contributed by atoms with Crippen LogP contribution in [0.4, 0.5) is 17.6 Å². The van der Waals surface area contributed by atoms with Crippen LogP contribution < -0.4 is 0 Å². The highest BCUT2D eigenvalue weighted by molar-refractivity contribution is 9.09. The Kier molecular flexibility index (Phi) is 5.34. The van der Waals surface area contributed by atoms with Crippen molar-refractivity contribution < 1.29 is 22.4 Å². The van der Waals surface area contributed by atoms with Crippen molar-refractivity contribution in [3.63, 3.8) is 0 Å². The number of carbonyl (C=O) groups excluding carboxylic acids is 1. The van der Waals surface area contributed by atoms with E-state index in [1.807, 2.05) is 0 Å². The molecule has 106 valence electrons. The van der Waals surface area contributed by atoms with Gasteiger partial charge in [-0.3, -0.25) is 4.79 Å². The first-order valence-corrected chi connectivity index (χ1v) is 6.55. The SMILES string of the molecule is Cc1ccc(C(=O)N(CCBr)CC(F)(F)F)c(F)c1. The lowest BCUT2D eigenvalue weighted by Gasteiger charge is -2.23. The first-order chi connectivity index (χ1) is 8.74. The van der Waals surface area contributed by atoms with Crippen LogP contribution in [-0.2, 0) is 0 Å². The number of alkyl halides is 4. The van der Waals surface area contributed by atoms with E-state index in [9.17, 15) is 22.4 Å². The summed E-state index contributed by atoms with van der Waals surface area (Å²) in [6.07, 6.45) is -4.51. The van der Waals surface area contributed by atoms with Crippen LogP contribution in [-0.4, -0.2) is 35.4 Å². The van der Waals surface area contributed by atoms with E-state index in [0.29, 0.717) is 10.5 Å². The molecule has 1 aromatic carbocycles. The highest BCUT2D eigenvalue weighted by Crippen LogP contribution is 2.19. The van der Waals surface area contributed by atoms with Crippen LogP contribution in [0, 0.1) is 12.7 Å². The number of nitrogens with zero attached hydrogens (tertiary/aromatic N) is 1. The number of hydrogen-bond acceptors (Lipinski definition) is 1. The van der Waals surface area contributed by atoms with Crippen molar-refractivity contribution in [1.82, 2.24) is 4.90 Å². The third-order valence-corrected chi connectivity index (χ3v) is 2.72. The average molecular weight is 342 g/mol. The molecule has 0 heterocycles. The minimum absolute atomic E-state index is 0.147. The van der Waals surface area contributed by atoms with Gasteiger partial charge in [0.1, 0.15) is 12.4 Å². The van der Waals surface area contributed by atoms with Gasteiger partial charge in [-0.25, -0.2) is 4.39 Å². The van der Waals surface area contributed by atoms with Crippen LogP contribution >= 0.6 is 15.9 Å². The molecule has 1 aromatic rings. The van der Waals surface area contributed by atoms with E-state index in [2.05, 4.69) is 15.9 Å². The van der Waals surface area contributed by atoms with Crippen LogP contribution in [0.15, 0.2) is 18.2 Å². The highest BCUT2D eigenvalue weighted by atomic mass is 79.9. The van der Waals surface area contributed by atoms with Crippen molar-refractivity contribution in [2.45, 2.75) is 13.1 Å². The van der Waals surface area contributed by atoms with E-state index < -0.39 is 24.4 Å². The highest BCUT2D eigenvalue weighted by Gasteiger charge is 2.33. The van der Waals surface area contributed by atoms with Crippen LogP contribution in [0.3, 0.4) is 0 Å². The number of amides is 1. The lowest BCUT2D eigenvalue weighted by molar-refractivity contribution is -0.140. The summed E-state index contributed by atoms with van der Waals surface area (Å²) in [6, 6.07) is 3.80. The summed E-state index contributed by atoms with van der Waals surface area (Å²) in [5, 5.41) is 0.183. The molecule has 0 aliphatic heterocycles. The molecule has 0 spiro atoms. The van der Waals surface area contributed by atoms with Gasteiger partial charge in [0.05, 0.1) is 5.56 Å². The van der Waals surface area contributed by atoms with Crippen LogP contribution in [0.25, 0.3) is 0 Å². The summed E-state index contributed by atoms with van der Waals surface area (Å²) in [6.45, 7) is 0.0830. The molecule has 0 unspecified atom stereocenters. The number of halogens is 5. The monoisotopic (exact) mass is 341 g/mol. The number of aryl methyl sites for hydroxylation is 1. The molecule has 0 aliphatic carbocycles. The largest absolute Gasteiger partial charge is 0.406 e. The van der Waals surface area contributed by atoms with Gasteiger partial charge in [0.15, 0.2) is 0 Å². The third kappa shape index (κ3) is 4.81. The van der Waals surface area contributed by atoms with Crippen molar-refractivity contribution in [3.05, 3.63) is 35.1 Å². The second-order valence-electron chi connectivity index (χ2n) is 4.01. The number of rotatable bonds is 4. The number of carbonyl (C=O) groups is 1. The van der Waals surface area contributed by atoms with E-state index in [-0.39, 0.29) is 17.4 Å². The van der Waals surface area contributed by atoms with Gasteiger partial charge in [-0.15, -0.1) is 0 Å². The molecule has 2 nitrogen and oxygen atoms in total. The van der Waals surface area contributed by atoms with Gasteiger partial charge in [0.2, 0.25) is 0 Å². The number of benzene rings is 1. The van der Waals surface area contributed by atoms with E-state index in [4.69, 9.17) is 0 Å². The van der Waals surface area contributed by atoms with Gasteiger partial charge >= 0.3 is 6.18 Å². The summed E-state index contributed by atoms with van der Waals surface area (Å²) in [7, 11) is 0. The van der Waals surface area contributed by atoms with Crippen molar-refractivity contribution in [1.29, 1.82) is 0 Å². The summed E-state index contributed by atoms with van der Waals surface area (Å²) in [4.78, 5) is 12.5. The molecular weight excluding hydrogens is 330 g/mol. The van der Waals surface area contributed by atoms with E-state index in [0.717, 1.165) is 6.07 Å². The fourth-order valence-corrected chi connectivity index (χ4v) is 1.96. The zero-order chi connectivity index (χ0) is 14.6. The molecule has 0 atom stereocenters. The van der Waals surface area contributed by atoms with Crippen molar-refractivity contribution in [3.8, 4) is 0 Å². The molecule has 0 bridgehead atoms. The van der Waals surface area contributed by atoms with E-state index in [1.165, 1.54) is 12.1 Å². The third-order valence-electron chi connectivity index (χ3n) is 2.37. The Morgan fingerprint density at radius 1 is 1.37 bits per heavy atom. The van der Waals surface area contributed by atoms with Gasteiger partial charge in [0.25, 0.3) is 5.91 Å². The molecule has 0 radical (unpaired) electrons. The molecule has 0 N–H and O–H groups in total. The first kappa shape index (κ1) is 15.9. The van der Waals surface area contributed by atoms with Crippen molar-refractivity contribution in [2.24, 2.45) is 0 Å². The molecule has 0 saturated carbocycles. The zero-order valence-corrected chi connectivity index (χ0v) is 11.7. The summed E-state index contributed by atoms with van der Waals surface area (Å²) in [5.41, 5.74) is 0.243. The zero-order valence-electron chi connectivity index (χ0n) is 10.1. The fraction of sp³-hybridized carbons (Fsp3) is 0.417. The molecule has 1 rings (SSSR count). The Hall–Kier alpha value is -1.11. The van der Waals surface area contributed by atoms with E-state index >= 15 is 0 Å². The Bertz CT molecular complexity index is 462. The van der Waals surface area contributed by atoms with Gasteiger partial charge < -0.3 is 4.90 Å². The number of hydrogen-bond donors (Lipinski definition) is 0. The fourth-order valence-electron chi connectivity index (χ4n) is 1.53. The van der Waals surface area contributed by atoms with Gasteiger partial charge in [-0.2, -0.15) is 13.2 Å². The standard InChI is InChI=1S/C12H12BrF4NO/c1-8-2-3-9(10(14)6-8)11(19)18(5-4-13)7-12(15,16)17/h2-3,6H,4-5,7H2,1H3. The summed E-state index contributed by atoms with van der Waals surface area (Å²) < 4.78 is 50.7. The summed E-state index contributed by atoms with van der Waals surface area (Å²) >= 11 is 2.97. The minimum Gasteiger partial charge on any atom is -0.329 e. The Balaban J connectivity index is 2.99. The average Bonchev–Trinajstić information content (AvgIpc) is 2.26. The predicted octanol–water partition coefficient (Wildman–Crippen LogP) is 3.53. The van der Waals surface area contributed by atoms with Crippen molar-refractivity contribution >= 4 is 21.8 Å². The van der Waals surface area contributed by atoms with Gasteiger partial charge in [-0.1, -0.05) is 22.0 Å². The lowest BCUT2D eigenvalue weighted by Crippen LogP contribution is -2.40. The minimum atomic E-state index is -4.51. The topological polar surface area (TPSA) is 20.3 Å². The molecular formula is C12H12BrF4NO. The lowest BCUT2D eigenvalue weighted by atomic mass is 10.1. The normalized spacial score (nSPS) is 11.5. The maximum atomic E-state index is 13.6. The molecule has 0 aromatic heterocycles. The quantitative estimate of drug-likeness (QED) is 0.606. The summed E-state index contributed by atoms with van der Waals surface area (Å²) in [5.74, 6) is -1.78. The predicted molar refractivity (Wildman–Crippen MR) is 66.9 cm³/mol. The first-order valence-electron chi connectivity index (χ1n) is 5.42. The molecule has 1 amide bonds. The maximum Gasteiger partial charge on any atom is 0.406 e. The second kappa shape index (κ2) is 6.36.